The van der Waals surface area contributed by atoms with Crippen molar-refractivity contribution in [1.29, 1.82) is 0 Å². The zero-order valence-corrected chi connectivity index (χ0v) is 21.9. The van der Waals surface area contributed by atoms with Crippen molar-refractivity contribution in [1.82, 2.24) is 10.2 Å². The number of hydrogen-bond acceptors (Lipinski definition) is 7. The Bertz CT molecular complexity index is 1130. The Morgan fingerprint density at radius 2 is 1.67 bits per heavy atom. The van der Waals surface area contributed by atoms with Crippen molar-refractivity contribution in [2.75, 3.05) is 60.9 Å². The summed E-state index contributed by atoms with van der Waals surface area (Å²) in [6.07, 6.45) is 3.12. The number of halogens is 1. The van der Waals surface area contributed by atoms with Gasteiger partial charge in [0.25, 0.3) is 11.6 Å². The Morgan fingerprint density at radius 3 is 2.31 bits per heavy atom. The Labute approximate surface area is 221 Å². The van der Waals surface area contributed by atoms with Crippen LogP contribution in [0.3, 0.4) is 0 Å². The lowest BCUT2D eigenvalue weighted by Crippen LogP contribution is -2.46. The number of likely N-dealkylation sites (N-methyl/N-ethyl adjacent to an activating group) is 1. The van der Waals surface area contributed by atoms with Crippen molar-refractivity contribution < 1.29 is 9.72 Å². The van der Waals surface area contributed by atoms with Crippen molar-refractivity contribution in [2.24, 2.45) is 0 Å². The molecule has 2 fully saturated rings. The Hall–Kier alpha value is -2.95. The second-order valence-corrected chi connectivity index (χ2v) is 9.82. The van der Waals surface area contributed by atoms with Gasteiger partial charge in [-0.25, -0.2) is 0 Å². The summed E-state index contributed by atoms with van der Waals surface area (Å²) in [6, 6.07) is 10.1. The quantitative estimate of drug-likeness (QED) is 0.320. The van der Waals surface area contributed by atoms with E-state index < -0.39 is 10.8 Å². The van der Waals surface area contributed by atoms with Crippen molar-refractivity contribution in [3.05, 3.63) is 57.1 Å². The van der Waals surface area contributed by atoms with E-state index in [0.717, 1.165) is 70.8 Å². The Morgan fingerprint density at radius 1 is 1.00 bits per heavy atom. The molecule has 4 rings (SSSR count). The summed E-state index contributed by atoms with van der Waals surface area (Å²) in [4.78, 5) is 30.7. The van der Waals surface area contributed by atoms with Crippen LogP contribution in [-0.4, -0.2) is 66.7 Å². The molecule has 2 heterocycles. The summed E-state index contributed by atoms with van der Waals surface area (Å²) >= 11 is 11.9. The smallest absolute Gasteiger partial charge is 0.293 e. The van der Waals surface area contributed by atoms with Gasteiger partial charge in [-0.1, -0.05) is 18.5 Å². The van der Waals surface area contributed by atoms with Gasteiger partial charge in [-0.15, -0.1) is 0 Å². The van der Waals surface area contributed by atoms with Gasteiger partial charge < -0.3 is 20.0 Å². The van der Waals surface area contributed by atoms with E-state index in [1.54, 1.807) is 18.2 Å². The highest BCUT2D eigenvalue weighted by atomic mass is 35.5. The van der Waals surface area contributed by atoms with Crippen LogP contribution in [0, 0.1) is 10.1 Å². The third-order valence-corrected chi connectivity index (χ3v) is 7.23. The number of thiocarbonyl (C=S) groups is 1. The van der Waals surface area contributed by atoms with Gasteiger partial charge in [0.1, 0.15) is 5.69 Å². The normalized spacial score (nSPS) is 16.5. The number of nitro benzene ring substituents is 1. The third kappa shape index (κ3) is 6.24. The van der Waals surface area contributed by atoms with Crippen LogP contribution in [0.15, 0.2) is 36.4 Å². The molecule has 36 heavy (non-hydrogen) atoms. The molecule has 2 saturated heterocycles. The van der Waals surface area contributed by atoms with Crippen LogP contribution >= 0.6 is 23.8 Å². The molecule has 1 amide bonds. The van der Waals surface area contributed by atoms with Gasteiger partial charge >= 0.3 is 0 Å². The Kier molecular flexibility index (Phi) is 8.60. The fraction of sp³-hybridized carbons (Fsp3) is 0.440. The minimum absolute atomic E-state index is 0.0782. The standard InChI is InChI=1S/C25H31ClN6O3S/c1-2-29-12-14-31(15-13-29)21-9-7-19(17-20(21)26)27-25(36)28-24(33)18-6-8-22(23(16-18)32(34)35)30-10-4-3-5-11-30/h6-9,16-17H,2-5,10-15H2,1H3,(H2,27,28,33,36). The number of rotatable bonds is 6. The van der Waals surface area contributed by atoms with E-state index in [1.807, 2.05) is 17.0 Å². The molecule has 0 bridgehead atoms. The number of piperazine rings is 1. The lowest BCUT2D eigenvalue weighted by molar-refractivity contribution is -0.384. The number of carbonyl (C=O) groups excluding carboxylic acids is 1. The van der Waals surface area contributed by atoms with Crippen LogP contribution in [-0.2, 0) is 0 Å². The first-order valence-electron chi connectivity index (χ1n) is 12.3. The molecule has 0 atom stereocenters. The highest BCUT2D eigenvalue weighted by molar-refractivity contribution is 7.80. The second kappa shape index (κ2) is 11.9. The molecule has 0 saturated carbocycles. The maximum atomic E-state index is 12.8. The first-order chi connectivity index (χ1) is 17.4. The number of anilines is 3. The monoisotopic (exact) mass is 530 g/mol. The molecule has 2 aromatic carbocycles. The van der Waals surface area contributed by atoms with E-state index in [1.165, 1.54) is 6.07 Å². The topological polar surface area (TPSA) is 94.0 Å². The third-order valence-electron chi connectivity index (χ3n) is 6.72. The average Bonchev–Trinajstić information content (AvgIpc) is 2.89. The molecule has 0 aliphatic carbocycles. The van der Waals surface area contributed by atoms with Crippen LogP contribution in [0.4, 0.5) is 22.7 Å². The molecule has 2 N–H and O–H groups in total. The van der Waals surface area contributed by atoms with Gasteiger partial charge in [-0.3, -0.25) is 20.2 Å². The molecule has 192 valence electrons. The van der Waals surface area contributed by atoms with Crippen LogP contribution in [0.1, 0.15) is 36.5 Å². The summed E-state index contributed by atoms with van der Waals surface area (Å²) < 4.78 is 0. The Balaban J connectivity index is 1.38. The summed E-state index contributed by atoms with van der Waals surface area (Å²) in [5, 5.41) is 18.0. The largest absolute Gasteiger partial charge is 0.368 e. The van der Waals surface area contributed by atoms with Crippen LogP contribution in [0.5, 0.6) is 0 Å². The molecule has 2 aromatic rings. The van der Waals surface area contributed by atoms with E-state index in [9.17, 15) is 14.9 Å². The fourth-order valence-corrected chi connectivity index (χ4v) is 5.21. The number of nitro groups is 1. The van der Waals surface area contributed by atoms with Gasteiger partial charge in [0.15, 0.2) is 5.11 Å². The predicted octanol–water partition coefficient (Wildman–Crippen LogP) is 4.51. The highest BCUT2D eigenvalue weighted by Crippen LogP contribution is 2.32. The summed E-state index contributed by atoms with van der Waals surface area (Å²) in [5.74, 6) is -0.516. The molecule has 0 unspecified atom stereocenters. The van der Waals surface area contributed by atoms with Gasteiger partial charge in [0.2, 0.25) is 0 Å². The summed E-state index contributed by atoms with van der Waals surface area (Å²) in [7, 11) is 0. The van der Waals surface area contributed by atoms with Crippen molar-refractivity contribution in [3.63, 3.8) is 0 Å². The van der Waals surface area contributed by atoms with E-state index in [2.05, 4.69) is 27.4 Å². The summed E-state index contributed by atoms with van der Waals surface area (Å²) in [5.41, 5.74) is 2.25. The molecule has 0 spiro atoms. The number of carbonyl (C=O) groups is 1. The predicted molar refractivity (Wildman–Crippen MR) is 149 cm³/mol. The number of piperidine rings is 1. The number of nitrogens with zero attached hydrogens (tertiary/aromatic N) is 4. The number of benzene rings is 2. The second-order valence-electron chi connectivity index (χ2n) is 9.00. The first-order valence-corrected chi connectivity index (χ1v) is 13.1. The van der Waals surface area contributed by atoms with Crippen LogP contribution < -0.4 is 20.4 Å². The molecular formula is C25H31ClN6O3S. The average molecular weight is 531 g/mol. The van der Waals surface area contributed by atoms with E-state index in [4.69, 9.17) is 23.8 Å². The zero-order valence-electron chi connectivity index (χ0n) is 20.3. The fourth-order valence-electron chi connectivity index (χ4n) is 4.70. The molecule has 9 nitrogen and oxygen atoms in total. The first kappa shape index (κ1) is 26.1. The summed E-state index contributed by atoms with van der Waals surface area (Å²) in [6.45, 7) is 8.59. The zero-order chi connectivity index (χ0) is 25.7. The lowest BCUT2D eigenvalue weighted by Gasteiger charge is -2.36. The van der Waals surface area contributed by atoms with Gasteiger partial charge in [0, 0.05) is 56.6 Å². The van der Waals surface area contributed by atoms with E-state index >= 15 is 0 Å². The van der Waals surface area contributed by atoms with Crippen LogP contribution in [0.25, 0.3) is 0 Å². The molecule has 2 aliphatic heterocycles. The molecule has 0 radical (unpaired) electrons. The van der Waals surface area contributed by atoms with Crippen molar-refractivity contribution in [3.8, 4) is 0 Å². The molecule has 0 aromatic heterocycles. The van der Waals surface area contributed by atoms with Crippen molar-refractivity contribution >= 4 is 57.6 Å². The van der Waals surface area contributed by atoms with E-state index in [0.29, 0.717) is 16.4 Å². The number of hydrogen-bond donors (Lipinski definition) is 2. The minimum atomic E-state index is -0.516. The van der Waals surface area contributed by atoms with E-state index in [-0.39, 0.29) is 16.4 Å². The number of nitrogens with one attached hydrogen (secondary N) is 2. The SMILES string of the molecule is CCN1CCN(c2ccc(NC(=S)NC(=O)c3ccc(N4CCCCC4)c([N+](=O)[O-])c3)cc2Cl)CC1. The van der Waals surface area contributed by atoms with Crippen molar-refractivity contribution in [2.45, 2.75) is 26.2 Å². The molecule has 11 heteroatoms. The maximum absolute atomic E-state index is 12.8. The number of amides is 1. The molecule has 2 aliphatic rings. The van der Waals surface area contributed by atoms with Gasteiger partial charge in [-0.2, -0.15) is 0 Å². The van der Waals surface area contributed by atoms with Crippen LogP contribution in [0.2, 0.25) is 5.02 Å². The van der Waals surface area contributed by atoms with Gasteiger partial charge in [-0.05, 0) is 68.4 Å². The minimum Gasteiger partial charge on any atom is -0.368 e. The van der Waals surface area contributed by atoms with Gasteiger partial charge in [0.05, 0.1) is 15.6 Å². The maximum Gasteiger partial charge on any atom is 0.293 e. The lowest BCUT2D eigenvalue weighted by atomic mass is 10.1. The highest BCUT2D eigenvalue weighted by Gasteiger charge is 2.23. The molecular weight excluding hydrogens is 500 g/mol.